The first kappa shape index (κ1) is 16.8. The largest absolute Gasteiger partial charge is 0.497 e. The van der Waals surface area contributed by atoms with Crippen LogP contribution in [0.15, 0.2) is 50.8 Å². The topological polar surface area (TPSA) is 78.9 Å². The SMILES string of the molecule is COc1ccc(-c2nnc(SCc3nc(-c4ccsc4)no3)n2C)cc1. The molecule has 132 valence electrons. The van der Waals surface area contributed by atoms with Gasteiger partial charge in [-0.2, -0.15) is 16.3 Å². The van der Waals surface area contributed by atoms with E-state index in [4.69, 9.17) is 9.26 Å². The predicted octanol–water partition coefficient (Wildman–Crippen LogP) is 3.89. The molecule has 4 rings (SSSR count). The van der Waals surface area contributed by atoms with E-state index >= 15 is 0 Å². The molecule has 0 radical (unpaired) electrons. The Kier molecular flexibility index (Phi) is 4.72. The molecule has 4 aromatic rings. The van der Waals surface area contributed by atoms with Crippen LogP contribution in [0.1, 0.15) is 5.89 Å². The number of aromatic nitrogens is 5. The number of rotatable bonds is 6. The molecule has 0 saturated heterocycles. The molecule has 9 heteroatoms. The van der Waals surface area contributed by atoms with Gasteiger partial charge in [-0.1, -0.05) is 16.9 Å². The Morgan fingerprint density at radius 3 is 2.73 bits per heavy atom. The lowest BCUT2D eigenvalue weighted by Gasteiger charge is -2.04. The minimum absolute atomic E-state index is 0.533. The van der Waals surface area contributed by atoms with E-state index in [2.05, 4.69) is 20.3 Å². The summed E-state index contributed by atoms with van der Waals surface area (Å²) < 4.78 is 12.5. The minimum Gasteiger partial charge on any atom is -0.497 e. The maximum atomic E-state index is 5.32. The Balaban J connectivity index is 1.46. The molecule has 0 amide bonds. The van der Waals surface area contributed by atoms with Crippen LogP contribution >= 0.6 is 23.1 Å². The Hall–Kier alpha value is -2.65. The summed E-state index contributed by atoms with van der Waals surface area (Å²) in [4.78, 5) is 4.42. The maximum Gasteiger partial charge on any atom is 0.237 e. The van der Waals surface area contributed by atoms with Crippen LogP contribution in [0.4, 0.5) is 0 Å². The number of methoxy groups -OCH3 is 1. The van der Waals surface area contributed by atoms with Gasteiger partial charge >= 0.3 is 0 Å². The lowest BCUT2D eigenvalue weighted by Crippen LogP contribution is -1.95. The summed E-state index contributed by atoms with van der Waals surface area (Å²) in [6.45, 7) is 0. The second kappa shape index (κ2) is 7.30. The predicted molar refractivity (Wildman–Crippen MR) is 100 cm³/mol. The van der Waals surface area contributed by atoms with Gasteiger partial charge in [0.2, 0.25) is 11.7 Å². The second-order valence-corrected chi connectivity index (χ2v) is 7.13. The van der Waals surface area contributed by atoms with Crippen molar-refractivity contribution in [3.63, 3.8) is 0 Å². The Morgan fingerprint density at radius 1 is 1.15 bits per heavy atom. The molecule has 26 heavy (non-hydrogen) atoms. The molecule has 3 heterocycles. The number of hydrogen-bond donors (Lipinski definition) is 0. The van der Waals surface area contributed by atoms with Crippen LogP contribution in [0.3, 0.4) is 0 Å². The minimum atomic E-state index is 0.533. The molecule has 0 aliphatic heterocycles. The zero-order chi connectivity index (χ0) is 17.9. The van der Waals surface area contributed by atoms with Gasteiger partial charge in [-0.05, 0) is 35.7 Å². The molecule has 0 N–H and O–H groups in total. The average molecular weight is 385 g/mol. The summed E-state index contributed by atoms with van der Waals surface area (Å²) in [5, 5.41) is 17.3. The van der Waals surface area contributed by atoms with E-state index in [9.17, 15) is 0 Å². The van der Waals surface area contributed by atoms with Crippen molar-refractivity contribution in [3.8, 4) is 28.5 Å². The molecule has 3 aromatic heterocycles. The highest BCUT2D eigenvalue weighted by Gasteiger charge is 2.14. The summed E-state index contributed by atoms with van der Waals surface area (Å²) in [6, 6.07) is 9.70. The molecule has 0 atom stereocenters. The fraction of sp³-hybridized carbons (Fsp3) is 0.176. The third-order valence-electron chi connectivity index (χ3n) is 3.76. The van der Waals surface area contributed by atoms with E-state index in [-0.39, 0.29) is 0 Å². The van der Waals surface area contributed by atoms with Crippen molar-refractivity contribution in [2.24, 2.45) is 7.05 Å². The van der Waals surface area contributed by atoms with Crippen molar-refractivity contribution in [1.82, 2.24) is 24.9 Å². The lowest BCUT2D eigenvalue weighted by atomic mass is 10.2. The van der Waals surface area contributed by atoms with Gasteiger partial charge in [0.1, 0.15) is 5.75 Å². The van der Waals surface area contributed by atoms with E-state index in [1.54, 1.807) is 18.4 Å². The van der Waals surface area contributed by atoms with Gasteiger partial charge in [0.05, 0.1) is 12.9 Å². The smallest absolute Gasteiger partial charge is 0.237 e. The summed E-state index contributed by atoms with van der Waals surface area (Å²) in [5.74, 6) is 3.30. The number of benzene rings is 1. The quantitative estimate of drug-likeness (QED) is 0.466. The zero-order valence-corrected chi connectivity index (χ0v) is 15.8. The highest BCUT2D eigenvalue weighted by atomic mass is 32.2. The van der Waals surface area contributed by atoms with Crippen molar-refractivity contribution in [2.75, 3.05) is 7.11 Å². The van der Waals surface area contributed by atoms with E-state index in [0.29, 0.717) is 17.5 Å². The van der Waals surface area contributed by atoms with Gasteiger partial charge in [0.15, 0.2) is 11.0 Å². The van der Waals surface area contributed by atoms with Crippen LogP contribution in [0, 0.1) is 0 Å². The molecule has 0 spiro atoms. The first-order valence-corrected chi connectivity index (χ1v) is 9.69. The molecule has 0 bridgehead atoms. The van der Waals surface area contributed by atoms with E-state index in [1.165, 1.54) is 11.8 Å². The molecule has 1 aromatic carbocycles. The van der Waals surface area contributed by atoms with Crippen LogP contribution in [0.2, 0.25) is 0 Å². The summed E-state index contributed by atoms with van der Waals surface area (Å²) in [6.07, 6.45) is 0. The van der Waals surface area contributed by atoms with Crippen molar-refractivity contribution in [3.05, 3.63) is 47.0 Å². The number of thiophene rings is 1. The van der Waals surface area contributed by atoms with E-state index in [1.807, 2.05) is 52.7 Å². The number of nitrogens with zero attached hydrogens (tertiary/aromatic N) is 5. The lowest BCUT2D eigenvalue weighted by molar-refractivity contribution is 0.391. The van der Waals surface area contributed by atoms with E-state index < -0.39 is 0 Å². The summed E-state index contributed by atoms with van der Waals surface area (Å²) >= 11 is 3.11. The summed E-state index contributed by atoms with van der Waals surface area (Å²) in [7, 11) is 3.58. The molecule has 0 aliphatic carbocycles. The molecule has 0 saturated carbocycles. The molecule has 0 aliphatic rings. The van der Waals surface area contributed by atoms with Gasteiger partial charge < -0.3 is 13.8 Å². The van der Waals surface area contributed by atoms with Gasteiger partial charge in [0.25, 0.3) is 0 Å². The van der Waals surface area contributed by atoms with Crippen LogP contribution in [-0.4, -0.2) is 32.0 Å². The highest BCUT2D eigenvalue weighted by Crippen LogP contribution is 2.27. The first-order valence-electron chi connectivity index (χ1n) is 7.76. The summed E-state index contributed by atoms with van der Waals surface area (Å²) in [5.41, 5.74) is 1.95. The normalized spacial score (nSPS) is 11.0. The fourth-order valence-electron chi connectivity index (χ4n) is 2.38. The van der Waals surface area contributed by atoms with Crippen LogP contribution in [-0.2, 0) is 12.8 Å². The molecular formula is C17H15N5O2S2. The highest BCUT2D eigenvalue weighted by molar-refractivity contribution is 7.98. The molecule has 0 unspecified atom stereocenters. The Labute approximate surface area is 158 Å². The van der Waals surface area contributed by atoms with Crippen LogP contribution in [0.25, 0.3) is 22.8 Å². The Morgan fingerprint density at radius 2 is 2.00 bits per heavy atom. The van der Waals surface area contributed by atoms with Gasteiger partial charge in [-0.3, -0.25) is 0 Å². The number of thioether (sulfide) groups is 1. The monoisotopic (exact) mass is 385 g/mol. The molecule has 0 fully saturated rings. The zero-order valence-electron chi connectivity index (χ0n) is 14.1. The third kappa shape index (κ3) is 3.35. The third-order valence-corrected chi connectivity index (χ3v) is 5.44. The van der Waals surface area contributed by atoms with Crippen molar-refractivity contribution < 1.29 is 9.26 Å². The molecular weight excluding hydrogens is 370 g/mol. The Bertz CT molecular complexity index is 993. The van der Waals surface area contributed by atoms with Gasteiger partial charge in [0, 0.05) is 23.6 Å². The standard InChI is InChI=1S/C17H15N5O2S2/c1-22-16(11-3-5-13(23-2)6-4-11)19-20-17(22)26-10-14-18-15(21-24-14)12-7-8-25-9-12/h3-9H,10H2,1-2H3. The van der Waals surface area contributed by atoms with Gasteiger partial charge in [-0.25, -0.2) is 0 Å². The number of ether oxygens (including phenoxy) is 1. The van der Waals surface area contributed by atoms with E-state index in [0.717, 1.165) is 27.9 Å². The second-order valence-electron chi connectivity index (χ2n) is 5.41. The average Bonchev–Trinajstić information content (AvgIpc) is 3.41. The van der Waals surface area contributed by atoms with Crippen molar-refractivity contribution in [2.45, 2.75) is 10.9 Å². The molecule has 7 nitrogen and oxygen atoms in total. The van der Waals surface area contributed by atoms with Crippen molar-refractivity contribution >= 4 is 23.1 Å². The van der Waals surface area contributed by atoms with Gasteiger partial charge in [-0.15, -0.1) is 10.2 Å². The maximum absolute atomic E-state index is 5.32. The van der Waals surface area contributed by atoms with Crippen LogP contribution < -0.4 is 4.74 Å². The number of hydrogen-bond acceptors (Lipinski definition) is 8. The fourth-order valence-corrected chi connectivity index (χ4v) is 3.76. The van der Waals surface area contributed by atoms with Crippen molar-refractivity contribution in [1.29, 1.82) is 0 Å². The first-order chi connectivity index (χ1) is 12.7. The van der Waals surface area contributed by atoms with Crippen LogP contribution in [0.5, 0.6) is 5.75 Å².